The minimum absolute atomic E-state index is 0.0263. The monoisotopic (exact) mass is 397 g/mol. The number of aromatic nitrogens is 2. The molecule has 0 aliphatic carbocycles. The highest BCUT2D eigenvalue weighted by Gasteiger charge is 2.18. The number of nitro groups is 1. The molecule has 0 saturated heterocycles. The first-order valence-corrected chi connectivity index (χ1v) is 9.76. The predicted octanol–water partition coefficient (Wildman–Crippen LogP) is 3.36. The second kappa shape index (κ2) is 7.43. The van der Waals surface area contributed by atoms with Gasteiger partial charge in [0.05, 0.1) is 0 Å². The minimum atomic E-state index is -0.570. The minimum Gasteiger partial charge on any atom is -0.367 e. The van der Waals surface area contributed by atoms with Crippen LogP contribution in [0.3, 0.4) is 0 Å². The highest BCUT2D eigenvalue weighted by Crippen LogP contribution is 2.28. The van der Waals surface area contributed by atoms with Crippen LogP contribution >= 0.6 is 11.3 Å². The van der Waals surface area contributed by atoms with Crippen LogP contribution in [0.2, 0.25) is 0 Å². The van der Waals surface area contributed by atoms with Crippen LogP contribution in [0.4, 0.5) is 17.2 Å². The molecule has 0 radical (unpaired) electrons. The van der Waals surface area contributed by atoms with Gasteiger partial charge in [0.15, 0.2) is 0 Å². The number of benzene rings is 1. The van der Waals surface area contributed by atoms with Gasteiger partial charge in [0.1, 0.15) is 12.7 Å². The summed E-state index contributed by atoms with van der Waals surface area (Å²) in [6.07, 6.45) is 2.33. The Bertz CT molecular complexity index is 1020. The first-order chi connectivity index (χ1) is 13.5. The van der Waals surface area contributed by atoms with E-state index in [4.69, 9.17) is 0 Å². The van der Waals surface area contributed by atoms with Gasteiger partial charge < -0.3 is 20.3 Å². The molecule has 8 nitrogen and oxygen atoms in total. The molecule has 2 aromatic heterocycles. The molecule has 28 heavy (non-hydrogen) atoms. The van der Waals surface area contributed by atoms with E-state index in [1.807, 2.05) is 35.6 Å². The van der Waals surface area contributed by atoms with E-state index in [-0.39, 0.29) is 18.3 Å². The third-order valence-electron chi connectivity index (χ3n) is 4.79. The van der Waals surface area contributed by atoms with Crippen LogP contribution in [0.5, 0.6) is 0 Å². The summed E-state index contributed by atoms with van der Waals surface area (Å²) in [5.41, 5.74) is 3.20. The van der Waals surface area contributed by atoms with Crippen molar-refractivity contribution in [2.45, 2.75) is 26.4 Å². The zero-order chi connectivity index (χ0) is 19.7. The van der Waals surface area contributed by atoms with Crippen LogP contribution in [0, 0.1) is 17.0 Å². The molecule has 1 aromatic carbocycles. The number of amides is 1. The second-order valence-corrected chi connectivity index (χ2v) is 7.67. The van der Waals surface area contributed by atoms with E-state index >= 15 is 0 Å². The molecule has 0 fully saturated rings. The first kappa shape index (κ1) is 18.2. The molecule has 1 amide bonds. The lowest BCUT2D eigenvalue weighted by Gasteiger charge is -2.29. The lowest BCUT2D eigenvalue weighted by atomic mass is 10.1. The Kier molecular flexibility index (Phi) is 4.82. The molecule has 4 rings (SSSR count). The van der Waals surface area contributed by atoms with Gasteiger partial charge in [0, 0.05) is 36.3 Å². The molecule has 0 saturated carbocycles. The Morgan fingerprint density at radius 1 is 1.32 bits per heavy atom. The Balaban J connectivity index is 1.38. The first-order valence-electron chi connectivity index (χ1n) is 8.88. The average molecular weight is 397 g/mol. The van der Waals surface area contributed by atoms with Crippen molar-refractivity contribution in [2.75, 3.05) is 16.8 Å². The number of aryl methyl sites for hydroxylation is 1. The van der Waals surface area contributed by atoms with Crippen LogP contribution in [-0.2, 0) is 24.3 Å². The Morgan fingerprint density at radius 2 is 2.11 bits per heavy atom. The van der Waals surface area contributed by atoms with Gasteiger partial charge in [0.2, 0.25) is 11.7 Å². The fourth-order valence-corrected chi connectivity index (χ4v) is 4.21. The van der Waals surface area contributed by atoms with E-state index in [2.05, 4.69) is 26.6 Å². The van der Waals surface area contributed by atoms with Crippen LogP contribution in [0.15, 0.2) is 41.9 Å². The topological polar surface area (TPSA) is 93.3 Å². The molecule has 1 aliphatic rings. The number of imidazole rings is 1. The van der Waals surface area contributed by atoms with Crippen LogP contribution < -0.4 is 10.2 Å². The number of anilines is 2. The smallest absolute Gasteiger partial charge is 0.367 e. The molecule has 0 bridgehead atoms. The lowest BCUT2D eigenvalue weighted by Crippen LogP contribution is -2.29. The number of nitrogens with zero attached hydrogens (tertiary/aromatic N) is 4. The summed E-state index contributed by atoms with van der Waals surface area (Å²) in [6.45, 7) is 3.50. The maximum absolute atomic E-state index is 12.3. The number of fused-ring (bicyclic) bond motifs is 1. The van der Waals surface area contributed by atoms with Crippen molar-refractivity contribution in [3.63, 3.8) is 0 Å². The molecule has 3 aromatic rings. The summed E-state index contributed by atoms with van der Waals surface area (Å²) in [7, 11) is 0. The van der Waals surface area contributed by atoms with E-state index in [0.717, 1.165) is 25.2 Å². The van der Waals surface area contributed by atoms with E-state index in [1.165, 1.54) is 21.2 Å². The standard InChI is InChI=1S/C19H19N5O3S/c1-13-20-18(24(26)27)11-23(13)12-19(25)21-15-2-4-16(5-3-15)22-8-6-17-14(10-22)7-9-28-17/h2-5,7,9,11H,6,8,10,12H2,1H3,(H,21,25). The highest BCUT2D eigenvalue weighted by atomic mass is 32.1. The van der Waals surface area contributed by atoms with Crippen LogP contribution in [0.1, 0.15) is 16.3 Å². The predicted molar refractivity (Wildman–Crippen MR) is 108 cm³/mol. The zero-order valence-electron chi connectivity index (χ0n) is 15.3. The zero-order valence-corrected chi connectivity index (χ0v) is 16.1. The summed E-state index contributed by atoms with van der Waals surface area (Å²) in [5, 5.41) is 15.7. The van der Waals surface area contributed by atoms with Gasteiger partial charge >= 0.3 is 5.82 Å². The maximum atomic E-state index is 12.3. The number of hydrogen-bond donors (Lipinski definition) is 1. The fourth-order valence-electron chi connectivity index (χ4n) is 3.32. The highest BCUT2D eigenvalue weighted by molar-refractivity contribution is 7.10. The molecule has 0 unspecified atom stereocenters. The van der Waals surface area contributed by atoms with E-state index in [9.17, 15) is 14.9 Å². The van der Waals surface area contributed by atoms with Gasteiger partial charge in [-0.3, -0.25) is 9.36 Å². The summed E-state index contributed by atoms with van der Waals surface area (Å²) in [4.78, 5) is 30.1. The molecule has 9 heteroatoms. The molecule has 1 N–H and O–H groups in total. The largest absolute Gasteiger partial charge is 0.381 e. The number of carbonyl (C=O) groups excluding carboxylic acids is 1. The SMILES string of the molecule is Cc1nc([N+](=O)[O-])cn1CC(=O)Nc1ccc(N2CCc3sccc3C2)cc1. The molecule has 144 valence electrons. The lowest BCUT2D eigenvalue weighted by molar-refractivity contribution is -0.389. The number of nitrogens with one attached hydrogen (secondary N) is 1. The number of hydrogen-bond acceptors (Lipinski definition) is 6. The van der Waals surface area contributed by atoms with Gasteiger partial charge in [-0.15, -0.1) is 11.3 Å². The molecule has 3 heterocycles. The van der Waals surface area contributed by atoms with E-state index < -0.39 is 4.92 Å². The quantitative estimate of drug-likeness (QED) is 0.526. The van der Waals surface area contributed by atoms with Crippen molar-refractivity contribution in [1.29, 1.82) is 0 Å². The van der Waals surface area contributed by atoms with E-state index in [0.29, 0.717) is 11.5 Å². The summed E-state index contributed by atoms with van der Waals surface area (Å²) in [6, 6.07) is 9.93. The third-order valence-corrected chi connectivity index (χ3v) is 5.81. The summed E-state index contributed by atoms with van der Waals surface area (Å²) < 4.78 is 1.47. The van der Waals surface area contributed by atoms with Crippen molar-refractivity contribution in [1.82, 2.24) is 9.55 Å². The number of thiophene rings is 1. The van der Waals surface area contributed by atoms with Crippen molar-refractivity contribution in [2.24, 2.45) is 0 Å². The number of rotatable bonds is 5. The molecule has 0 atom stereocenters. The second-order valence-electron chi connectivity index (χ2n) is 6.67. The molecule has 1 aliphatic heterocycles. The van der Waals surface area contributed by atoms with Gasteiger partial charge in [-0.25, -0.2) is 0 Å². The van der Waals surface area contributed by atoms with Crippen molar-refractivity contribution in [3.8, 4) is 0 Å². The third kappa shape index (κ3) is 3.74. The van der Waals surface area contributed by atoms with Crippen LogP contribution in [0.25, 0.3) is 0 Å². The molecule has 0 spiro atoms. The van der Waals surface area contributed by atoms with Gasteiger partial charge in [0.25, 0.3) is 0 Å². The summed E-state index contributed by atoms with van der Waals surface area (Å²) in [5.74, 6) is -0.0934. The Morgan fingerprint density at radius 3 is 2.82 bits per heavy atom. The normalized spacial score (nSPS) is 13.2. The van der Waals surface area contributed by atoms with Gasteiger partial charge in [-0.1, -0.05) is 0 Å². The van der Waals surface area contributed by atoms with Gasteiger partial charge in [-0.05, 0) is 57.6 Å². The van der Waals surface area contributed by atoms with Crippen LogP contribution in [-0.4, -0.2) is 26.9 Å². The summed E-state index contributed by atoms with van der Waals surface area (Å²) >= 11 is 1.82. The Labute approximate surface area is 165 Å². The van der Waals surface area contributed by atoms with Crippen molar-refractivity contribution in [3.05, 3.63) is 68.3 Å². The van der Waals surface area contributed by atoms with Crippen molar-refractivity contribution >= 4 is 34.4 Å². The molecular formula is C19H19N5O3S. The maximum Gasteiger partial charge on any atom is 0.381 e. The molecular weight excluding hydrogens is 378 g/mol. The van der Waals surface area contributed by atoms with E-state index in [1.54, 1.807) is 6.92 Å². The Hall–Kier alpha value is -3.20. The fraction of sp³-hybridized carbons (Fsp3) is 0.263. The number of carbonyl (C=O) groups is 1. The average Bonchev–Trinajstić information content (AvgIpc) is 3.28. The van der Waals surface area contributed by atoms with Crippen molar-refractivity contribution < 1.29 is 9.72 Å². The van der Waals surface area contributed by atoms with Gasteiger partial charge in [-0.2, -0.15) is 0 Å².